The highest BCUT2D eigenvalue weighted by Crippen LogP contribution is 2.32. The summed E-state index contributed by atoms with van der Waals surface area (Å²) in [6.07, 6.45) is -2.04. The molecule has 2 aliphatic heterocycles. The Kier molecular flexibility index (Phi) is 7.91. The molecule has 0 aliphatic carbocycles. The number of ether oxygens (including phenoxy) is 3. The highest BCUT2D eigenvalue weighted by Gasteiger charge is 2.34. The van der Waals surface area contributed by atoms with Crippen molar-refractivity contribution in [3.05, 3.63) is 17.8 Å². The van der Waals surface area contributed by atoms with Crippen LogP contribution in [0.15, 0.2) is 17.2 Å². The second-order valence-corrected chi connectivity index (χ2v) is 8.99. The Morgan fingerprint density at radius 3 is 2.57 bits per heavy atom. The maximum Gasteiger partial charge on any atom is 0.417 e. The van der Waals surface area contributed by atoms with Crippen molar-refractivity contribution in [3.8, 4) is 0 Å². The van der Waals surface area contributed by atoms with E-state index in [4.69, 9.17) is 14.2 Å². The number of pyridine rings is 1. The molecule has 2 aliphatic rings. The molecule has 0 amide bonds. The molecule has 0 unspecified atom stereocenters. The number of anilines is 1. The Bertz CT molecular complexity index is 795. The number of hydrogen-bond donors (Lipinski definition) is 2. The monoisotopic (exact) mass is 453 g/mol. The van der Waals surface area contributed by atoms with Crippen LogP contribution in [0, 0.1) is 5.92 Å². The SMILES string of the molecule is O=S(=O)(NC[C@H]1COCCO1)c1cc(C(F)(F)F)cnc1NCCC1CCOCC1. The van der Waals surface area contributed by atoms with Crippen LogP contribution in [-0.4, -0.2) is 65.6 Å². The molecule has 0 saturated carbocycles. The molecule has 0 spiro atoms. The van der Waals surface area contributed by atoms with E-state index in [9.17, 15) is 21.6 Å². The van der Waals surface area contributed by atoms with Gasteiger partial charge in [-0.1, -0.05) is 0 Å². The van der Waals surface area contributed by atoms with Gasteiger partial charge >= 0.3 is 6.18 Å². The molecule has 0 radical (unpaired) electrons. The summed E-state index contributed by atoms with van der Waals surface area (Å²) in [6.45, 7) is 2.60. The van der Waals surface area contributed by atoms with E-state index in [1.54, 1.807) is 0 Å². The quantitative estimate of drug-likeness (QED) is 0.621. The van der Waals surface area contributed by atoms with Crippen LogP contribution in [0.1, 0.15) is 24.8 Å². The van der Waals surface area contributed by atoms with E-state index in [1.165, 1.54) is 0 Å². The van der Waals surface area contributed by atoms with Crippen LogP contribution >= 0.6 is 0 Å². The van der Waals surface area contributed by atoms with Crippen molar-refractivity contribution in [2.45, 2.75) is 36.4 Å². The normalized spacial score (nSPS) is 21.5. The third-order valence-corrected chi connectivity index (χ3v) is 6.48. The third kappa shape index (κ3) is 6.51. The van der Waals surface area contributed by atoms with Crippen molar-refractivity contribution in [1.29, 1.82) is 0 Å². The van der Waals surface area contributed by atoms with Crippen LogP contribution in [0.4, 0.5) is 19.0 Å². The van der Waals surface area contributed by atoms with Crippen molar-refractivity contribution in [1.82, 2.24) is 9.71 Å². The van der Waals surface area contributed by atoms with Crippen LogP contribution in [0.25, 0.3) is 0 Å². The van der Waals surface area contributed by atoms with E-state index in [-0.39, 0.29) is 19.0 Å². The van der Waals surface area contributed by atoms with Gasteiger partial charge in [-0.3, -0.25) is 0 Å². The minimum Gasteiger partial charge on any atom is -0.381 e. The average molecular weight is 453 g/mol. The van der Waals surface area contributed by atoms with Gasteiger partial charge in [0.25, 0.3) is 0 Å². The molecule has 1 atom stereocenters. The predicted molar refractivity (Wildman–Crippen MR) is 102 cm³/mol. The lowest BCUT2D eigenvalue weighted by atomic mass is 9.97. The number of nitrogens with one attached hydrogen (secondary N) is 2. The van der Waals surface area contributed by atoms with Gasteiger partial charge in [-0.2, -0.15) is 13.2 Å². The first kappa shape index (κ1) is 23.2. The van der Waals surface area contributed by atoms with E-state index in [0.29, 0.717) is 51.2 Å². The average Bonchev–Trinajstić information content (AvgIpc) is 2.73. The highest BCUT2D eigenvalue weighted by molar-refractivity contribution is 7.89. The molecule has 0 aromatic carbocycles. The number of alkyl halides is 3. The Morgan fingerprint density at radius 2 is 1.90 bits per heavy atom. The van der Waals surface area contributed by atoms with Gasteiger partial charge in [0.2, 0.25) is 10.0 Å². The number of nitrogens with zero attached hydrogens (tertiary/aromatic N) is 1. The van der Waals surface area contributed by atoms with Gasteiger partial charge in [0.05, 0.1) is 31.5 Å². The number of aromatic nitrogens is 1. The third-order valence-electron chi connectivity index (χ3n) is 5.04. The van der Waals surface area contributed by atoms with E-state index in [1.807, 2.05) is 0 Å². The van der Waals surface area contributed by atoms with Crippen molar-refractivity contribution in [2.75, 3.05) is 51.4 Å². The largest absolute Gasteiger partial charge is 0.417 e. The van der Waals surface area contributed by atoms with Crippen LogP contribution in [0.5, 0.6) is 0 Å². The minimum atomic E-state index is -4.71. The summed E-state index contributed by atoms with van der Waals surface area (Å²) < 4.78 is 83.1. The maximum atomic E-state index is 13.1. The fourth-order valence-electron chi connectivity index (χ4n) is 3.30. The highest BCUT2D eigenvalue weighted by atomic mass is 32.2. The second-order valence-electron chi connectivity index (χ2n) is 7.26. The summed E-state index contributed by atoms with van der Waals surface area (Å²) in [5, 5.41) is 2.89. The molecule has 2 N–H and O–H groups in total. The van der Waals surface area contributed by atoms with Gasteiger partial charge in [-0.25, -0.2) is 18.1 Å². The van der Waals surface area contributed by atoms with Crippen LogP contribution in [0.3, 0.4) is 0 Å². The van der Waals surface area contributed by atoms with Crippen molar-refractivity contribution >= 4 is 15.8 Å². The lowest BCUT2D eigenvalue weighted by Gasteiger charge is -2.24. The predicted octanol–water partition coefficient (Wildman–Crippen LogP) is 2.02. The van der Waals surface area contributed by atoms with Crippen molar-refractivity contribution in [3.63, 3.8) is 0 Å². The Morgan fingerprint density at radius 1 is 1.13 bits per heavy atom. The minimum absolute atomic E-state index is 0.108. The van der Waals surface area contributed by atoms with Gasteiger partial charge in [-0.15, -0.1) is 0 Å². The van der Waals surface area contributed by atoms with Crippen molar-refractivity contribution in [2.24, 2.45) is 5.92 Å². The molecule has 1 aromatic heterocycles. The first-order valence-corrected chi connectivity index (χ1v) is 11.3. The summed E-state index contributed by atoms with van der Waals surface area (Å²) in [7, 11) is -4.26. The Hall–Kier alpha value is -1.47. The molecule has 2 fully saturated rings. The van der Waals surface area contributed by atoms with Gasteiger partial charge in [0.15, 0.2) is 0 Å². The summed E-state index contributed by atoms with van der Waals surface area (Å²) >= 11 is 0. The van der Waals surface area contributed by atoms with E-state index in [0.717, 1.165) is 19.3 Å². The van der Waals surface area contributed by atoms with E-state index >= 15 is 0 Å². The fourth-order valence-corrected chi connectivity index (χ4v) is 4.52. The number of rotatable bonds is 8. The summed E-state index contributed by atoms with van der Waals surface area (Å²) in [5.74, 6) is 0.311. The number of hydrogen-bond acceptors (Lipinski definition) is 7. The molecular formula is C18H26F3N3O5S. The summed E-state index contributed by atoms with van der Waals surface area (Å²) in [6, 6.07) is 0.602. The number of sulfonamides is 1. The Labute approximate surface area is 173 Å². The molecular weight excluding hydrogens is 427 g/mol. The molecule has 8 nitrogen and oxygen atoms in total. The zero-order valence-electron chi connectivity index (χ0n) is 16.4. The van der Waals surface area contributed by atoms with Gasteiger partial charge in [0.1, 0.15) is 10.7 Å². The second kappa shape index (κ2) is 10.2. The zero-order valence-corrected chi connectivity index (χ0v) is 17.2. The molecule has 12 heteroatoms. The van der Waals surface area contributed by atoms with Crippen LogP contribution in [0.2, 0.25) is 0 Å². The summed E-state index contributed by atoms with van der Waals surface area (Å²) in [4.78, 5) is 3.22. The lowest BCUT2D eigenvalue weighted by Crippen LogP contribution is -2.40. The molecule has 0 bridgehead atoms. The summed E-state index contributed by atoms with van der Waals surface area (Å²) in [5.41, 5.74) is -1.13. The Balaban J connectivity index is 1.72. The van der Waals surface area contributed by atoms with Crippen LogP contribution < -0.4 is 10.0 Å². The first-order chi connectivity index (χ1) is 14.3. The molecule has 3 heterocycles. The smallest absolute Gasteiger partial charge is 0.381 e. The van der Waals surface area contributed by atoms with Gasteiger partial charge in [-0.05, 0) is 31.2 Å². The van der Waals surface area contributed by atoms with Crippen LogP contribution in [-0.2, 0) is 30.4 Å². The lowest BCUT2D eigenvalue weighted by molar-refractivity contribution is -0.138. The van der Waals surface area contributed by atoms with E-state index in [2.05, 4.69) is 15.0 Å². The molecule has 1 aromatic rings. The molecule has 170 valence electrons. The van der Waals surface area contributed by atoms with E-state index < -0.39 is 32.8 Å². The topological polar surface area (TPSA) is 98.8 Å². The first-order valence-electron chi connectivity index (χ1n) is 9.83. The van der Waals surface area contributed by atoms with Gasteiger partial charge in [0, 0.05) is 32.5 Å². The molecule has 3 rings (SSSR count). The standard InChI is InChI=1S/C18H26F3N3O5S/c19-18(20,21)14-9-16(30(25,26)24-11-15-12-28-7-8-29-15)17(23-10-14)22-4-1-13-2-5-27-6-3-13/h9-10,13,15,24H,1-8,11-12H2,(H,22,23)/t15-/m0/s1. The molecule has 2 saturated heterocycles. The fraction of sp³-hybridized carbons (Fsp3) is 0.722. The maximum absolute atomic E-state index is 13.1. The number of halogens is 3. The van der Waals surface area contributed by atoms with Crippen molar-refractivity contribution < 1.29 is 35.8 Å². The molecule has 30 heavy (non-hydrogen) atoms. The zero-order chi connectivity index (χ0) is 21.6. The van der Waals surface area contributed by atoms with Gasteiger partial charge < -0.3 is 19.5 Å².